The van der Waals surface area contributed by atoms with Crippen LogP contribution in [-0.2, 0) is 0 Å². The largest absolute Gasteiger partial charge is 0.296 e. The number of carbonyl (C=O) groups is 1. The van der Waals surface area contributed by atoms with Gasteiger partial charge in [0.2, 0.25) is 0 Å². The molecule has 0 atom stereocenters. The van der Waals surface area contributed by atoms with Crippen molar-refractivity contribution in [1.29, 1.82) is 0 Å². The van der Waals surface area contributed by atoms with Crippen molar-refractivity contribution in [2.75, 3.05) is 5.32 Å². The number of amides is 1. The number of rotatable bonds is 5. The van der Waals surface area contributed by atoms with Crippen molar-refractivity contribution in [3.05, 3.63) is 59.8 Å². The zero-order valence-corrected chi connectivity index (χ0v) is 16.0. The molecule has 10 heteroatoms. The highest BCUT2D eigenvalue weighted by molar-refractivity contribution is 7.16. The van der Waals surface area contributed by atoms with E-state index in [0.717, 1.165) is 16.3 Å². The number of pyridine rings is 1. The average molecular weight is 392 g/mol. The summed E-state index contributed by atoms with van der Waals surface area (Å²) in [7, 11) is 0. The van der Waals surface area contributed by atoms with Gasteiger partial charge in [-0.3, -0.25) is 20.1 Å². The zero-order chi connectivity index (χ0) is 19.5. The molecule has 0 saturated carbocycles. The number of thiazole rings is 1. The molecule has 0 spiro atoms. The molecule has 0 aromatic carbocycles. The molecule has 4 aromatic rings. The highest BCUT2D eigenvalue weighted by atomic mass is 32.1. The summed E-state index contributed by atoms with van der Waals surface area (Å²) in [4.78, 5) is 31.0. The predicted octanol–water partition coefficient (Wildman–Crippen LogP) is 2.95. The zero-order valence-electron chi connectivity index (χ0n) is 15.1. The van der Waals surface area contributed by atoms with Crippen molar-refractivity contribution in [3.63, 3.8) is 0 Å². The molecule has 0 bridgehead atoms. The minimum Gasteiger partial charge on any atom is -0.296 e. The topological polar surface area (TPSA) is 111 Å². The van der Waals surface area contributed by atoms with Gasteiger partial charge in [0, 0.05) is 23.5 Å². The minimum atomic E-state index is -0.382. The average Bonchev–Trinajstić information content (AvgIpc) is 3.37. The van der Waals surface area contributed by atoms with E-state index in [1.807, 2.05) is 18.2 Å². The van der Waals surface area contributed by atoms with Gasteiger partial charge in [0.05, 0.1) is 18.1 Å². The second-order valence-corrected chi connectivity index (χ2v) is 7.18. The molecule has 0 fully saturated rings. The number of nitrogens with one attached hydrogen (secondary N) is 1. The van der Waals surface area contributed by atoms with E-state index >= 15 is 0 Å². The summed E-state index contributed by atoms with van der Waals surface area (Å²) >= 11 is 1.43. The Morgan fingerprint density at radius 2 is 2.04 bits per heavy atom. The van der Waals surface area contributed by atoms with Crippen LogP contribution >= 0.6 is 11.3 Å². The molecule has 0 radical (unpaired) electrons. The second kappa shape index (κ2) is 7.61. The van der Waals surface area contributed by atoms with Gasteiger partial charge in [0.15, 0.2) is 16.6 Å². The molecule has 0 saturated heterocycles. The highest BCUT2D eigenvalue weighted by Crippen LogP contribution is 2.35. The third-order valence-electron chi connectivity index (χ3n) is 3.85. The van der Waals surface area contributed by atoms with Crippen LogP contribution < -0.4 is 5.32 Å². The summed E-state index contributed by atoms with van der Waals surface area (Å²) in [5.41, 5.74) is 1.78. The Morgan fingerprint density at radius 3 is 2.75 bits per heavy atom. The molecule has 1 amide bonds. The third-order valence-corrected chi connectivity index (χ3v) is 5.13. The van der Waals surface area contributed by atoms with Gasteiger partial charge in [0.25, 0.3) is 5.91 Å². The van der Waals surface area contributed by atoms with Crippen LogP contribution in [-0.4, -0.2) is 40.8 Å². The van der Waals surface area contributed by atoms with Crippen LogP contribution in [0.15, 0.2) is 49.2 Å². The van der Waals surface area contributed by atoms with Crippen LogP contribution in [0.4, 0.5) is 5.13 Å². The van der Waals surface area contributed by atoms with Crippen molar-refractivity contribution in [2.45, 2.75) is 19.8 Å². The Labute approximate surface area is 164 Å². The van der Waals surface area contributed by atoms with E-state index in [1.165, 1.54) is 34.6 Å². The number of nitrogens with zero attached hydrogens (tertiary/aromatic N) is 7. The van der Waals surface area contributed by atoms with Crippen molar-refractivity contribution in [1.82, 2.24) is 34.9 Å². The summed E-state index contributed by atoms with van der Waals surface area (Å²) in [6, 6.07) is 5.67. The fraction of sp³-hybridized carbons (Fsp3) is 0.167. The van der Waals surface area contributed by atoms with E-state index < -0.39 is 0 Å². The van der Waals surface area contributed by atoms with Gasteiger partial charge in [-0.05, 0) is 18.1 Å². The van der Waals surface area contributed by atoms with Crippen LogP contribution in [0.5, 0.6) is 0 Å². The number of hydrogen-bond acceptors (Lipinski definition) is 8. The van der Waals surface area contributed by atoms with Gasteiger partial charge >= 0.3 is 0 Å². The van der Waals surface area contributed by atoms with E-state index in [-0.39, 0.29) is 17.5 Å². The summed E-state index contributed by atoms with van der Waals surface area (Å²) in [5.74, 6) is 0.264. The lowest BCUT2D eigenvalue weighted by atomic mass is 10.1. The number of anilines is 1. The molecule has 4 heterocycles. The maximum absolute atomic E-state index is 12.8. The van der Waals surface area contributed by atoms with Gasteiger partial charge in [-0.1, -0.05) is 25.1 Å². The van der Waals surface area contributed by atoms with Gasteiger partial charge < -0.3 is 0 Å². The molecular formula is C18H16N8OS. The number of hydrogen-bond donors (Lipinski definition) is 1. The number of carbonyl (C=O) groups excluding carboxylic acids is 1. The summed E-state index contributed by atoms with van der Waals surface area (Å²) in [6.45, 7) is 4.16. The third kappa shape index (κ3) is 3.49. The minimum absolute atomic E-state index is 0.237. The smallest absolute Gasteiger partial charge is 0.277 e. The van der Waals surface area contributed by atoms with Gasteiger partial charge in [-0.25, -0.2) is 9.97 Å². The van der Waals surface area contributed by atoms with Crippen molar-refractivity contribution in [3.8, 4) is 17.2 Å². The summed E-state index contributed by atoms with van der Waals surface area (Å²) in [6.07, 6.45) is 7.67. The Kier molecular flexibility index (Phi) is 4.85. The van der Waals surface area contributed by atoms with E-state index in [2.05, 4.69) is 49.4 Å². The normalized spacial score (nSPS) is 11.0. The van der Waals surface area contributed by atoms with Crippen LogP contribution in [0.3, 0.4) is 0 Å². The Morgan fingerprint density at radius 1 is 1.14 bits per heavy atom. The lowest BCUT2D eigenvalue weighted by Gasteiger charge is -2.04. The second-order valence-electron chi connectivity index (χ2n) is 6.15. The van der Waals surface area contributed by atoms with Gasteiger partial charge in [0.1, 0.15) is 5.69 Å². The lowest BCUT2D eigenvalue weighted by Crippen LogP contribution is -2.17. The maximum atomic E-state index is 12.8. The standard InChI is InChI=1S/C18H16N8OS/c1-11(2)16-15(12-5-3-4-6-20-12)23-18(28-16)24-17(27)13-9-22-25-26(13)14-10-19-7-8-21-14/h3-11H,1-2H3,(H,23,24,27). The molecule has 28 heavy (non-hydrogen) atoms. The fourth-order valence-corrected chi connectivity index (χ4v) is 3.56. The van der Waals surface area contributed by atoms with Crippen molar-refractivity contribution in [2.24, 2.45) is 0 Å². The molecule has 4 rings (SSSR count). The molecule has 4 aromatic heterocycles. The molecule has 0 unspecified atom stereocenters. The number of aromatic nitrogens is 7. The first-order valence-electron chi connectivity index (χ1n) is 8.54. The maximum Gasteiger partial charge on any atom is 0.277 e. The monoisotopic (exact) mass is 392 g/mol. The highest BCUT2D eigenvalue weighted by Gasteiger charge is 2.21. The van der Waals surface area contributed by atoms with Gasteiger partial charge in [-0.2, -0.15) is 4.68 Å². The van der Waals surface area contributed by atoms with E-state index in [9.17, 15) is 4.79 Å². The SMILES string of the molecule is CC(C)c1sc(NC(=O)c2cnnn2-c2cnccn2)nc1-c1ccccn1. The molecular weight excluding hydrogens is 376 g/mol. The summed E-state index contributed by atoms with van der Waals surface area (Å²) in [5, 5.41) is 11.1. The Balaban J connectivity index is 1.64. The van der Waals surface area contributed by atoms with Gasteiger partial charge in [-0.15, -0.1) is 16.4 Å². The van der Waals surface area contributed by atoms with Crippen LogP contribution in [0.25, 0.3) is 17.2 Å². The predicted molar refractivity (Wildman–Crippen MR) is 104 cm³/mol. The van der Waals surface area contributed by atoms with Crippen LogP contribution in [0, 0.1) is 0 Å². The Bertz CT molecular complexity index is 1090. The molecule has 0 aliphatic carbocycles. The van der Waals surface area contributed by atoms with E-state index in [0.29, 0.717) is 10.9 Å². The van der Waals surface area contributed by atoms with E-state index in [4.69, 9.17) is 0 Å². The molecule has 9 nitrogen and oxygen atoms in total. The lowest BCUT2D eigenvalue weighted by molar-refractivity contribution is 0.101. The Hall–Kier alpha value is -3.53. The first kappa shape index (κ1) is 17.9. The van der Waals surface area contributed by atoms with Crippen LogP contribution in [0.1, 0.15) is 35.1 Å². The quantitative estimate of drug-likeness (QED) is 0.556. The van der Waals surface area contributed by atoms with Crippen LogP contribution in [0.2, 0.25) is 0 Å². The molecule has 0 aliphatic rings. The van der Waals surface area contributed by atoms with Crippen molar-refractivity contribution >= 4 is 22.4 Å². The van der Waals surface area contributed by atoms with Crippen molar-refractivity contribution < 1.29 is 4.79 Å². The first-order valence-corrected chi connectivity index (χ1v) is 9.35. The molecule has 140 valence electrons. The van der Waals surface area contributed by atoms with E-state index in [1.54, 1.807) is 12.4 Å². The summed E-state index contributed by atoms with van der Waals surface area (Å²) < 4.78 is 1.33. The first-order chi connectivity index (χ1) is 13.6. The fourth-order valence-electron chi connectivity index (χ4n) is 2.58. The molecule has 1 N–H and O–H groups in total. The molecule has 0 aliphatic heterocycles.